The molecule has 1 aromatic heterocycles. The van der Waals surface area contributed by atoms with E-state index in [1.54, 1.807) is 31.2 Å². The van der Waals surface area contributed by atoms with Gasteiger partial charge in [0.25, 0.3) is 0 Å². The number of aromatic nitrogens is 2. The molecule has 0 aliphatic heterocycles. The van der Waals surface area contributed by atoms with E-state index in [4.69, 9.17) is 5.11 Å². The van der Waals surface area contributed by atoms with Gasteiger partial charge >= 0.3 is 5.97 Å². The summed E-state index contributed by atoms with van der Waals surface area (Å²) in [4.78, 5) is 24.3. The Morgan fingerprint density at radius 3 is 2.53 bits per heavy atom. The van der Waals surface area contributed by atoms with Gasteiger partial charge in [-0.3, -0.25) is 14.3 Å². The molecule has 6 nitrogen and oxygen atoms in total. The molecule has 0 radical (unpaired) electrons. The predicted molar refractivity (Wildman–Crippen MR) is 61.1 cm³/mol. The standard InChI is InChI=1S/C11H17N3O3/c1-11(2,10(16)17)9(15)13(3)6-8-5-12-14(4)7-8/h5,7H,6H2,1-4H3,(H,16,17). The number of carbonyl (C=O) groups excluding carboxylic acids is 1. The van der Waals surface area contributed by atoms with Crippen molar-refractivity contribution in [2.75, 3.05) is 7.05 Å². The first kappa shape index (κ1) is 13.2. The Morgan fingerprint density at radius 1 is 1.53 bits per heavy atom. The normalized spacial score (nSPS) is 11.3. The summed E-state index contributed by atoms with van der Waals surface area (Å²) in [6.07, 6.45) is 3.44. The molecule has 0 aromatic carbocycles. The van der Waals surface area contributed by atoms with E-state index in [1.165, 1.54) is 18.7 Å². The van der Waals surface area contributed by atoms with Crippen LogP contribution in [0.2, 0.25) is 0 Å². The third-order valence-corrected chi connectivity index (χ3v) is 2.59. The summed E-state index contributed by atoms with van der Waals surface area (Å²) in [5, 5.41) is 13.0. The van der Waals surface area contributed by atoms with Crippen molar-refractivity contribution in [3.63, 3.8) is 0 Å². The molecule has 0 aliphatic rings. The smallest absolute Gasteiger partial charge is 0.318 e. The van der Waals surface area contributed by atoms with Crippen molar-refractivity contribution in [1.82, 2.24) is 14.7 Å². The van der Waals surface area contributed by atoms with E-state index in [1.807, 2.05) is 0 Å². The molecule has 1 aromatic rings. The lowest BCUT2D eigenvalue weighted by Crippen LogP contribution is -2.42. The van der Waals surface area contributed by atoms with Crippen molar-refractivity contribution in [1.29, 1.82) is 0 Å². The lowest BCUT2D eigenvalue weighted by molar-refractivity contribution is -0.157. The summed E-state index contributed by atoms with van der Waals surface area (Å²) in [5.41, 5.74) is -0.540. The molecule has 0 bridgehead atoms. The number of aryl methyl sites for hydroxylation is 1. The van der Waals surface area contributed by atoms with Crippen molar-refractivity contribution < 1.29 is 14.7 Å². The molecule has 1 N–H and O–H groups in total. The van der Waals surface area contributed by atoms with Gasteiger partial charge in [0.15, 0.2) is 0 Å². The second kappa shape index (κ2) is 4.57. The Kier molecular flexibility index (Phi) is 3.55. The van der Waals surface area contributed by atoms with Gasteiger partial charge in [-0.25, -0.2) is 0 Å². The maximum atomic E-state index is 11.9. The highest BCUT2D eigenvalue weighted by atomic mass is 16.4. The maximum absolute atomic E-state index is 11.9. The summed E-state index contributed by atoms with van der Waals surface area (Å²) in [5.74, 6) is -1.55. The summed E-state index contributed by atoms with van der Waals surface area (Å²) < 4.78 is 1.63. The fraction of sp³-hybridized carbons (Fsp3) is 0.545. The molecule has 17 heavy (non-hydrogen) atoms. The number of nitrogens with zero attached hydrogens (tertiary/aromatic N) is 3. The summed E-state index contributed by atoms with van der Waals surface area (Å²) in [6.45, 7) is 3.15. The van der Waals surface area contributed by atoms with Gasteiger partial charge in [-0.2, -0.15) is 5.10 Å². The second-order valence-corrected chi connectivity index (χ2v) is 4.61. The van der Waals surface area contributed by atoms with Crippen LogP contribution in [0.25, 0.3) is 0 Å². The topological polar surface area (TPSA) is 75.4 Å². The molecule has 94 valence electrons. The van der Waals surface area contributed by atoms with E-state index in [0.29, 0.717) is 6.54 Å². The van der Waals surface area contributed by atoms with Gasteiger partial charge in [-0.05, 0) is 13.8 Å². The third kappa shape index (κ3) is 2.83. The SMILES string of the molecule is CN(Cc1cnn(C)c1)C(=O)C(C)(C)C(=O)O. The van der Waals surface area contributed by atoms with E-state index in [9.17, 15) is 9.59 Å². The number of hydrogen-bond acceptors (Lipinski definition) is 3. The van der Waals surface area contributed by atoms with Crippen molar-refractivity contribution in [3.8, 4) is 0 Å². The first-order valence-corrected chi connectivity index (χ1v) is 5.21. The number of aliphatic carboxylic acids is 1. The van der Waals surface area contributed by atoms with Crippen LogP contribution in [0.15, 0.2) is 12.4 Å². The Morgan fingerprint density at radius 2 is 2.12 bits per heavy atom. The van der Waals surface area contributed by atoms with Crippen molar-refractivity contribution in [2.45, 2.75) is 20.4 Å². The molecule has 1 rings (SSSR count). The Labute approximate surface area is 99.8 Å². The van der Waals surface area contributed by atoms with Crippen molar-refractivity contribution >= 4 is 11.9 Å². The summed E-state index contributed by atoms with van der Waals surface area (Å²) in [6, 6.07) is 0. The van der Waals surface area contributed by atoms with Crippen LogP contribution in [-0.4, -0.2) is 38.7 Å². The zero-order valence-electron chi connectivity index (χ0n) is 10.5. The van der Waals surface area contributed by atoms with Gasteiger partial charge < -0.3 is 10.0 Å². The lowest BCUT2D eigenvalue weighted by atomic mass is 9.92. The number of rotatable bonds is 4. The van der Waals surface area contributed by atoms with E-state index >= 15 is 0 Å². The monoisotopic (exact) mass is 239 g/mol. The number of carbonyl (C=O) groups is 2. The van der Waals surface area contributed by atoms with Crippen LogP contribution in [0.5, 0.6) is 0 Å². The molecular formula is C11H17N3O3. The maximum Gasteiger partial charge on any atom is 0.318 e. The van der Waals surface area contributed by atoms with E-state index in [0.717, 1.165) is 5.56 Å². The Bertz CT molecular complexity index is 437. The van der Waals surface area contributed by atoms with Gasteiger partial charge in [0, 0.05) is 32.4 Å². The van der Waals surface area contributed by atoms with Crippen LogP contribution in [0, 0.1) is 5.41 Å². The molecule has 0 fully saturated rings. The van der Waals surface area contributed by atoms with Crippen LogP contribution in [0.3, 0.4) is 0 Å². The molecule has 1 amide bonds. The zero-order valence-corrected chi connectivity index (χ0v) is 10.5. The fourth-order valence-electron chi connectivity index (χ4n) is 1.47. The lowest BCUT2D eigenvalue weighted by Gasteiger charge is -2.25. The highest BCUT2D eigenvalue weighted by Gasteiger charge is 2.38. The number of amides is 1. The summed E-state index contributed by atoms with van der Waals surface area (Å²) in [7, 11) is 3.37. The Hall–Kier alpha value is -1.85. The van der Waals surface area contributed by atoms with Gasteiger partial charge in [-0.1, -0.05) is 0 Å². The van der Waals surface area contributed by atoms with E-state index in [-0.39, 0.29) is 0 Å². The predicted octanol–water partition coefficient (Wildman–Crippen LogP) is 0.489. The molecule has 0 saturated heterocycles. The van der Waals surface area contributed by atoms with Gasteiger partial charge in [0.05, 0.1) is 6.20 Å². The molecule has 0 spiro atoms. The minimum absolute atomic E-state index is 0.351. The molecule has 0 atom stereocenters. The van der Waals surface area contributed by atoms with Crippen LogP contribution >= 0.6 is 0 Å². The quantitative estimate of drug-likeness (QED) is 0.776. The summed E-state index contributed by atoms with van der Waals surface area (Å²) >= 11 is 0. The Balaban J connectivity index is 2.74. The van der Waals surface area contributed by atoms with Gasteiger partial charge in [-0.15, -0.1) is 0 Å². The van der Waals surface area contributed by atoms with Crippen LogP contribution in [0.4, 0.5) is 0 Å². The number of carboxylic acid groups (broad SMARTS) is 1. The van der Waals surface area contributed by atoms with Crippen LogP contribution in [0.1, 0.15) is 19.4 Å². The third-order valence-electron chi connectivity index (χ3n) is 2.59. The van der Waals surface area contributed by atoms with Gasteiger partial charge in [0.1, 0.15) is 5.41 Å². The first-order valence-electron chi connectivity index (χ1n) is 5.21. The fourth-order valence-corrected chi connectivity index (χ4v) is 1.47. The molecule has 0 saturated carbocycles. The first-order chi connectivity index (χ1) is 7.75. The van der Waals surface area contributed by atoms with E-state index < -0.39 is 17.3 Å². The molecule has 6 heteroatoms. The molecule has 0 aliphatic carbocycles. The van der Waals surface area contributed by atoms with Crippen molar-refractivity contribution in [3.05, 3.63) is 18.0 Å². The van der Waals surface area contributed by atoms with Gasteiger partial charge in [0.2, 0.25) is 5.91 Å². The molecular weight excluding hydrogens is 222 g/mol. The second-order valence-electron chi connectivity index (χ2n) is 4.61. The molecule has 1 heterocycles. The molecule has 0 unspecified atom stereocenters. The van der Waals surface area contributed by atoms with Crippen LogP contribution in [-0.2, 0) is 23.2 Å². The van der Waals surface area contributed by atoms with E-state index in [2.05, 4.69) is 5.10 Å². The number of carboxylic acids is 1. The minimum atomic E-state index is -1.41. The largest absolute Gasteiger partial charge is 0.480 e. The highest BCUT2D eigenvalue weighted by Crippen LogP contribution is 2.19. The van der Waals surface area contributed by atoms with Crippen molar-refractivity contribution in [2.24, 2.45) is 12.5 Å². The minimum Gasteiger partial charge on any atom is -0.480 e. The number of hydrogen-bond donors (Lipinski definition) is 1. The highest BCUT2D eigenvalue weighted by molar-refractivity contribution is 6.00. The average molecular weight is 239 g/mol. The average Bonchev–Trinajstić information content (AvgIpc) is 2.62. The zero-order chi connectivity index (χ0) is 13.2. The van der Waals surface area contributed by atoms with Crippen LogP contribution < -0.4 is 0 Å².